The maximum Gasteiger partial charge on any atom is 0.258 e. The van der Waals surface area contributed by atoms with Crippen LogP contribution in [0.15, 0.2) is 18.3 Å². The number of aromatic nitrogens is 7. The van der Waals surface area contributed by atoms with Gasteiger partial charge in [0.1, 0.15) is 17.6 Å². The van der Waals surface area contributed by atoms with Crippen LogP contribution in [0.4, 0.5) is 29.3 Å². The van der Waals surface area contributed by atoms with Gasteiger partial charge in [-0.15, -0.1) is 10.2 Å². The molecule has 0 aromatic carbocycles. The molecule has 10 nitrogen and oxygen atoms in total. The first kappa shape index (κ1) is 24.6. The van der Waals surface area contributed by atoms with Crippen LogP contribution in [0, 0.1) is 5.82 Å². The van der Waals surface area contributed by atoms with E-state index in [1.54, 1.807) is 0 Å². The lowest BCUT2D eigenvalue weighted by Gasteiger charge is -2.35. The number of nitrogens with zero attached hydrogens (tertiary/aromatic N) is 8. The predicted molar refractivity (Wildman–Crippen MR) is 123 cm³/mol. The SMILES string of the molecule is CC.CN1CCCC(F)(Nc2nc(N)c3c(-c4ccc5nnn(CC(F)F)c5n4)c(F)cn3n2)C1. The standard InChI is InChI=1S/C19H20F4N10.C2H6/c1-31-6-2-5-19(23,9-31)27-18-26-16(24)15-14(10(20)7-32(15)29-18)11-3-4-12-17(25-11)33(30-28-12)8-13(21)22;1-2/h3-4,7,13H,2,5-6,8-9H2,1H3,(H3,24,26,27,29);1-2H3. The third-order valence-corrected chi connectivity index (χ3v) is 5.51. The fourth-order valence-corrected chi connectivity index (χ4v) is 4.14. The van der Waals surface area contributed by atoms with Crippen molar-refractivity contribution in [3.8, 4) is 11.3 Å². The number of pyridine rings is 1. The van der Waals surface area contributed by atoms with E-state index >= 15 is 4.39 Å². The number of hydrogen-bond donors (Lipinski definition) is 2. The highest BCUT2D eigenvalue weighted by molar-refractivity contribution is 5.88. The zero-order chi connectivity index (χ0) is 25.3. The second-order valence-corrected chi connectivity index (χ2v) is 8.10. The number of likely N-dealkylation sites (N-methyl/N-ethyl adjacent to an activating group) is 1. The predicted octanol–water partition coefficient (Wildman–Crippen LogP) is 3.35. The zero-order valence-corrected chi connectivity index (χ0v) is 19.5. The molecular weight excluding hydrogens is 468 g/mol. The fraction of sp³-hybridized carbons (Fsp3) is 0.476. The summed E-state index contributed by atoms with van der Waals surface area (Å²) in [7, 11) is 1.81. The van der Waals surface area contributed by atoms with Crippen molar-refractivity contribution >= 4 is 28.4 Å². The summed E-state index contributed by atoms with van der Waals surface area (Å²) in [6.45, 7) is 4.22. The normalized spacial score (nSPS) is 18.7. The minimum atomic E-state index is -2.66. The number of anilines is 2. The minimum absolute atomic E-state index is 0.0156. The van der Waals surface area contributed by atoms with Crippen LogP contribution >= 0.6 is 0 Å². The van der Waals surface area contributed by atoms with E-state index in [2.05, 4.69) is 30.7 Å². The van der Waals surface area contributed by atoms with Crippen molar-refractivity contribution in [2.45, 2.75) is 45.5 Å². The van der Waals surface area contributed by atoms with E-state index in [4.69, 9.17) is 5.73 Å². The fourth-order valence-electron chi connectivity index (χ4n) is 4.14. The number of fused-ring (bicyclic) bond motifs is 2. The summed E-state index contributed by atoms with van der Waals surface area (Å²) in [6, 6.07) is 2.97. The molecule has 1 aliphatic rings. The highest BCUT2D eigenvalue weighted by Gasteiger charge is 2.35. The van der Waals surface area contributed by atoms with Crippen LogP contribution in [0.5, 0.6) is 0 Å². The summed E-state index contributed by atoms with van der Waals surface area (Å²) in [5.41, 5.74) is 6.68. The monoisotopic (exact) mass is 494 g/mol. The summed E-state index contributed by atoms with van der Waals surface area (Å²) < 4.78 is 58.0. The number of hydrogen-bond acceptors (Lipinski definition) is 8. The number of nitrogens with two attached hydrogens (primary N) is 1. The van der Waals surface area contributed by atoms with Gasteiger partial charge < -0.3 is 16.0 Å². The van der Waals surface area contributed by atoms with Gasteiger partial charge in [0.25, 0.3) is 6.43 Å². The second kappa shape index (κ2) is 9.60. The Morgan fingerprint density at radius 1 is 1.23 bits per heavy atom. The number of likely N-dealkylation sites (tertiary alicyclic amines) is 1. The molecule has 0 radical (unpaired) electrons. The molecule has 4 aromatic rings. The topological polar surface area (TPSA) is 115 Å². The third-order valence-electron chi connectivity index (χ3n) is 5.51. The Bertz CT molecular complexity index is 1340. The van der Waals surface area contributed by atoms with E-state index in [0.717, 1.165) is 21.9 Å². The van der Waals surface area contributed by atoms with Gasteiger partial charge in [-0.25, -0.2) is 31.7 Å². The Labute approximate surface area is 198 Å². The van der Waals surface area contributed by atoms with Crippen LogP contribution in [0.25, 0.3) is 27.9 Å². The van der Waals surface area contributed by atoms with Crippen LogP contribution in [-0.2, 0) is 6.54 Å². The molecule has 4 aromatic heterocycles. The molecule has 0 aliphatic carbocycles. The lowest BCUT2D eigenvalue weighted by atomic mass is 10.0. The van der Waals surface area contributed by atoms with Crippen molar-refractivity contribution in [3.63, 3.8) is 0 Å². The summed E-state index contributed by atoms with van der Waals surface area (Å²) in [6.07, 6.45) is -0.656. The van der Waals surface area contributed by atoms with Crippen LogP contribution in [0.3, 0.4) is 0 Å². The lowest BCUT2D eigenvalue weighted by Crippen LogP contribution is -2.48. The molecule has 0 spiro atoms. The smallest absolute Gasteiger partial charge is 0.258 e. The van der Waals surface area contributed by atoms with Crippen molar-refractivity contribution in [1.29, 1.82) is 0 Å². The molecule has 1 saturated heterocycles. The van der Waals surface area contributed by atoms with E-state index in [-0.39, 0.29) is 52.7 Å². The van der Waals surface area contributed by atoms with Gasteiger partial charge >= 0.3 is 0 Å². The van der Waals surface area contributed by atoms with Gasteiger partial charge in [-0.3, -0.25) is 0 Å². The molecule has 0 bridgehead atoms. The summed E-state index contributed by atoms with van der Waals surface area (Å²) in [5, 5.41) is 14.3. The second-order valence-electron chi connectivity index (χ2n) is 8.10. The molecule has 5 heterocycles. The van der Waals surface area contributed by atoms with Crippen molar-refractivity contribution in [1.82, 2.24) is 39.5 Å². The Kier molecular flexibility index (Phi) is 6.74. The van der Waals surface area contributed by atoms with Gasteiger partial charge in [-0.05, 0) is 32.1 Å². The summed E-state index contributed by atoms with van der Waals surface area (Å²) in [4.78, 5) is 10.3. The Morgan fingerprint density at radius 3 is 2.71 bits per heavy atom. The Balaban J connectivity index is 0.00000141. The number of piperidine rings is 1. The van der Waals surface area contributed by atoms with Gasteiger partial charge in [-0.2, -0.15) is 4.98 Å². The van der Waals surface area contributed by atoms with Crippen LogP contribution in [0.1, 0.15) is 26.7 Å². The molecule has 14 heteroatoms. The highest BCUT2D eigenvalue weighted by Crippen LogP contribution is 2.33. The van der Waals surface area contributed by atoms with Crippen molar-refractivity contribution < 1.29 is 17.6 Å². The van der Waals surface area contributed by atoms with Gasteiger partial charge in [0.2, 0.25) is 5.95 Å². The molecule has 1 atom stereocenters. The molecule has 35 heavy (non-hydrogen) atoms. The van der Waals surface area contributed by atoms with Crippen molar-refractivity contribution in [2.24, 2.45) is 0 Å². The van der Waals surface area contributed by atoms with Gasteiger partial charge in [0, 0.05) is 6.42 Å². The molecule has 188 valence electrons. The van der Waals surface area contributed by atoms with Crippen molar-refractivity contribution in [3.05, 3.63) is 24.1 Å². The molecule has 0 amide bonds. The van der Waals surface area contributed by atoms with Crippen LogP contribution < -0.4 is 11.1 Å². The van der Waals surface area contributed by atoms with E-state index in [0.29, 0.717) is 6.42 Å². The van der Waals surface area contributed by atoms with E-state index < -0.39 is 24.6 Å². The molecule has 1 unspecified atom stereocenters. The molecule has 0 saturated carbocycles. The summed E-state index contributed by atoms with van der Waals surface area (Å²) in [5.74, 6) is -2.63. The number of nitrogens with one attached hydrogen (secondary N) is 1. The first-order valence-corrected chi connectivity index (χ1v) is 11.2. The number of nitrogen functional groups attached to an aromatic ring is 1. The maximum atomic E-state index is 15.2. The van der Waals surface area contributed by atoms with Crippen LogP contribution in [-0.4, -0.2) is 71.8 Å². The first-order chi connectivity index (χ1) is 16.7. The van der Waals surface area contributed by atoms with E-state index in [9.17, 15) is 13.2 Å². The first-order valence-electron chi connectivity index (χ1n) is 11.2. The number of rotatable bonds is 5. The number of halogens is 4. The summed E-state index contributed by atoms with van der Waals surface area (Å²) >= 11 is 0. The highest BCUT2D eigenvalue weighted by atomic mass is 19.3. The van der Waals surface area contributed by atoms with Gasteiger partial charge in [-0.1, -0.05) is 19.1 Å². The zero-order valence-electron chi connectivity index (χ0n) is 19.5. The Morgan fingerprint density at radius 2 is 2.00 bits per heavy atom. The third kappa shape index (κ3) is 4.83. The average Bonchev–Trinajstić information content (AvgIpc) is 3.34. The largest absolute Gasteiger partial charge is 0.382 e. The average molecular weight is 495 g/mol. The quantitative estimate of drug-likeness (QED) is 0.321. The molecular formula is C21H26F4N10. The maximum absolute atomic E-state index is 15.2. The molecule has 5 rings (SSSR count). The number of alkyl halides is 3. The lowest BCUT2D eigenvalue weighted by molar-refractivity contribution is 0.0829. The molecule has 1 aliphatic heterocycles. The van der Waals surface area contributed by atoms with Gasteiger partial charge in [0.05, 0.1) is 24.0 Å². The molecule has 1 fully saturated rings. The van der Waals surface area contributed by atoms with E-state index in [1.165, 1.54) is 12.1 Å². The molecule has 3 N–H and O–H groups in total. The van der Waals surface area contributed by atoms with Crippen LogP contribution in [0.2, 0.25) is 0 Å². The van der Waals surface area contributed by atoms with Gasteiger partial charge in [0.15, 0.2) is 23.1 Å². The van der Waals surface area contributed by atoms with E-state index in [1.807, 2.05) is 25.8 Å². The Hall–Kier alpha value is -3.55. The minimum Gasteiger partial charge on any atom is -0.382 e. The van der Waals surface area contributed by atoms with Crippen molar-refractivity contribution in [2.75, 3.05) is 31.2 Å².